The number of hydrogen-bond acceptors (Lipinski definition) is 3. The van der Waals surface area contributed by atoms with Crippen LogP contribution in [0.5, 0.6) is 0 Å². The van der Waals surface area contributed by atoms with E-state index in [0.29, 0.717) is 30.9 Å². The summed E-state index contributed by atoms with van der Waals surface area (Å²) in [5.41, 5.74) is 1.09. The predicted octanol–water partition coefficient (Wildman–Crippen LogP) is 3.06. The van der Waals surface area contributed by atoms with Crippen molar-refractivity contribution >= 4 is 39.7 Å². The van der Waals surface area contributed by atoms with Crippen LogP contribution in [0, 0.1) is 5.82 Å². The van der Waals surface area contributed by atoms with E-state index in [1.54, 1.807) is 30.3 Å². The van der Waals surface area contributed by atoms with Crippen molar-refractivity contribution in [2.24, 2.45) is 0 Å². The van der Waals surface area contributed by atoms with Crippen LogP contribution < -0.4 is 13.9 Å². The van der Waals surface area contributed by atoms with Gasteiger partial charge in [0.2, 0.25) is 0 Å². The lowest BCUT2D eigenvalue weighted by atomic mass is 10.2. The van der Waals surface area contributed by atoms with Gasteiger partial charge in [0, 0.05) is 6.54 Å². The molecule has 0 saturated carbocycles. The lowest BCUT2D eigenvalue weighted by molar-refractivity contribution is 0.588. The van der Waals surface area contributed by atoms with E-state index in [9.17, 15) is 12.8 Å². The van der Waals surface area contributed by atoms with Gasteiger partial charge in [-0.25, -0.2) is 8.70 Å². The van der Waals surface area contributed by atoms with E-state index in [1.165, 1.54) is 22.5 Å². The zero-order chi connectivity index (χ0) is 16.4. The number of para-hydroxylation sites is 3. The minimum atomic E-state index is -3.84. The van der Waals surface area contributed by atoms with Gasteiger partial charge in [-0.1, -0.05) is 24.3 Å². The second-order valence-corrected chi connectivity index (χ2v) is 6.94. The molecule has 2 aromatic rings. The molecule has 1 N–H and O–H groups in total. The Morgan fingerprint density at radius 3 is 2.21 bits per heavy atom. The molecule has 3 rings (SSSR count). The summed E-state index contributed by atoms with van der Waals surface area (Å²) < 4.78 is 42.5. The molecule has 0 atom stereocenters. The maximum absolute atomic E-state index is 14.2. The molecule has 1 heterocycles. The van der Waals surface area contributed by atoms with E-state index < -0.39 is 16.0 Å². The highest BCUT2D eigenvalue weighted by Gasteiger charge is 2.41. The van der Waals surface area contributed by atoms with Crippen molar-refractivity contribution in [3.8, 4) is 0 Å². The van der Waals surface area contributed by atoms with Crippen LogP contribution in [0.25, 0.3) is 0 Å². The maximum atomic E-state index is 14.2. The third-order valence-electron chi connectivity index (χ3n) is 3.74. The first-order valence-electron chi connectivity index (χ1n) is 7.38. The van der Waals surface area contributed by atoms with Crippen molar-refractivity contribution in [3.05, 3.63) is 54.3 Å². The summed E-state index contributed by atoms with van der Waals surface area (Å²) in [6.45, 7) is 1.04. The van der Waals surface area contributed by atoms with Gasteiger partial charge in [0.05, 0.1) is 17.1 Å². The molecular formula is C16H19ClFN3O2S. The molecule has 0 fully saturated rings. The fraction of sp³-hybridized carbons (Fsp3) is 0.250. The first-order chi connectivity index (χ1) is 11.1. The summed E-state index contributed by atoms with van der Waals surface area (Å²) in [6, 6.07) is 12.9. The van der Waals surface area contributed by atoms with Crippen molar-refractivity contribution in [3.63, 3.8) is 0 Å². The van der Waals surface area contributed by atoms with Crippen LogP contribution in [0.1, 0.15) is 6.42 Å². The summed E-state index contributed by atoms with van der Waals surface area (Å²) in [6.07, 6.45) is 0.662. The summed E-state index contributed by atoms with van der Waals surface area (Å²) in [5, 5.41) is 3.00. The lowest BCUT2D eigenvalue weighted by Crippen LogP contribution is -2.37. The van der Waals surface area contributed by atoms with Gasteiger partial charge in [-0.05, 0) is 44.3 Å². The highest BCUT2D eigenvalue weighted by Crippen LogP contribution is 2.45. The van der Waals surface area contributed by atoms with E-state index >= 15 is 0 Å². The number of nitrogens with one attached hydrogen (secondary N) is 1. The Kier molecular flexibility index (Phi) is 5.69. The van der Waals surface area contributed by atoms with Crippen LogP contribution in [-0.4, -0.2) is 28.6 Å². The Balaban J connectivity index is 0.00000208. The van der Waals surface area contributed by atoms with Gasteiger partial charge in [-0.3, -0.25) is 4.31 Å². The Morgan fingerprint density at radius 1 is 1.00 bits per heavy atom. The van der Waals surface area contributed by atoms with E-state index in [2.05, 4.69) is 5.32 Å². The van der Waals surface area contributed by atoms with Crippen molar-refractivity contribution in [1.29, 1.82) is 0 Å². The van der Waals surface area contributed by atoms with Crippen LogP contribution in [0.3, 0.4) is 0 Å². The van der Waals surface area contributed by atoms with E-state index in [-0.39, 0.29) is 18.1 Å². The molecule has 1 aliphatic rings. The third kappa shape index (κ3) is 3.07. The highest BCUT2D eigenvalue weighted by atomic mass is 35.5. The van der Waals surface area contributed by atoms with Gasteiger partial charge in [-0.15, -0.1) is 12.4 Å². The first-order valence-corrected chi connectivity index (χ1v) is 8.78. The molecule has 130 valence electrons. The van der Waals surface area contributed by atoms with Crippen molar-refractivity contribution in [2.75, 3.05) is 28.7 Å². The topological polar surface area (TPSA) is 52.6 Å². The molecule has 0 aliphatic carbocycles. The van der Waals surface area contributed by atoms with E-state index in [1.807, 2.05) is 7.05 Å². The van der Waals surface area contributed by atoms with Gasteiger partial charge in [-0.2, -0.15) is 8.42 Å². The Bertz CT molecular complexity index is 816. The third-order valence-corrected chi connectivity index (χ3v) is 5.53. The number of anilines is 3. The van der Waals surface area contributed by atoms with Gasteiger partial charge in [0.25, 0.3) is 0 Å². The summed E-state index contributed by atoms with van der Waals surface area (Å²) in [4.78, 5) is 0. The Morgan fingerprint density at radius 2 is 1.58 bits per heavy atom. The van der Waals surface area contributed by atoms with Gasteiger partial charge >= 0.3 is 10.2 Å². The molecule has 24 heavy (non-hydrogen) atoms. The molecule has 0 spiro atoms. The zero-order valence-corrected chi connectivity index (χ0v) is 14.8. The summed E-state index contributed by atoms with van der Waals surface area (Å²) in [5.74, 6) is -0.567. The number of hydrogen-bond donors (Lipinski definition) is 1. The first kappa shape index (κ1) is 18.5. The second-order valence-electron chi connectivity index (χ2n) is 5.24. The SMILES string of the molecule is CNCCCN1c2ccccc2N(c2ccccc2F)S1(=O)=O.Cl. The molecule has 0 bridgehead atoms. The van der Waals surface area contributed by atoms with Crippen LogP contribution in [0.2, 0.25) is 0 Å². The number of nitrogens with zero attached hydrogens (tertiary/aromatic N) is 2. The van der Waals surface area contributed by atoms with Crippen LogP contribution >= 0.6 is 12.4 Å². The van der Waals surface area contributed by atoms with Gasteiger partial charge < -0.3 is 5.32 Å². The fourth-order valence-electron chi connectivity index (χ4n) is 2.70. The van der Waals surface area contributed by atoms with Crippen LogP contribution in [0.15, 0.2) is 48.5 Å². The normalized spacial score (nSPS) is 15.1. The summed E-state index contributed by atoms with van der Waals surface area (Å²) >= 11 is 0. The number of fused-ring (bicyclic) bond motifs is 1. The zero-order valence-electron chi connectivity index (χ0n) is 13.1. The quantitative estimate of drug-likeness (QED) is 0.822. The molecule has 5 nitrogen and oxygen atoms in total. The molecule has 1 aliphatic heterocycles. The molecule has 0 saturated heterocycles. The predicted molar refractivity (Wildman–Crippen MR) is 97.0 cm³/mol. The molecule has 0 amide bonds. The van der Waals surface area contributed by atoms with Crippen molar-refractivity contribution in [2.45, 2.75) is 6.42 Å². The van der Waals surface area contributed by atoms with Crippen molar-refractivity contribution in [1.82, 2.24) is 5.32 Å². The fourth-order valence-corrected chi connectivity index (χ4v) is 4.46. The monoisotopic (exact) mass is 371 g/mol. The maximum Gasteiger partial charge on any atom is 0.331 e. The number of rotatable bonds is 5. The number of benzene rings is 2. The molecular weight excluding hydrogens is 353 g/mol. The average Bonchev–Trinajstić information content (AvgIpc) is 2.76. The molecule has 2 aromatic carbocycles. The van der Waals surface area contributed by atoms with Crippen molar-refractivity contribution < 1.29 is 12.8 Å². The Labute approximate surface area is 147 Å². The van der Waals surface area contributed by atoms with Crippen LogP contribution in [-0.2, 0) is 10.2 Å². The van der Waals surface area contributed by atoms with Gasteiger partial charge in [0.15, 0.2) is 0 Å². The molecule has 8 heteroatoms. The highest BCUT2D eigenvalue weighted by molar-refractivity contribution is 7.95. The standard InChI is InChI=1S/C16H18FN3O2S.ClH/c1-18-11-6-12-19-15-9-4-5-10-16(15)20(23(19,21)22)14-8-3-2-7-13(14)17;/h2-5,7-10,18H,6,11-12H2,1H3;1H. The average molecular weight is 372 g/mol. The minimum Gasteiger partial charge on any atom is -0.320 e. The van der Waals surface area contributed by atoms with E-state index in [4.69, 9.17) is 0 Å². The summed E-state index contributed by atoms with van der Waals surface area (Å²) in [7, 11) is -2.03. The van der Waals surface area contributed by atoms with E-state index in [0.717, 1.165) is 4.31 Å². The Hall–Kier alpha value is -1.83. The second kappa shape index (κ2) is 7.38. The molecule has 0 radical (unpaired) electrons. The van der Waals surface area contributed by atoms with Gasteiger partial charge in [0.1, 0.15) is 5.82 Å². The minimum absolute atomic E-state index is 0. The molecule has 0 aromatic heterocycles. The van der Waals surface area contributed by atoms with Crippen LogP contribution in [0.4, 0.5) is 21.5 Å². The number of halogens is 2. The lowest BCUT2D eigenvalue weighted by Gasteiger charge is -2.22. The molecule has 0 unspecified atom stereocenters. The smallest absolute Gasteiger partial charge is 0.320 e. The largest absolute Gasteiger partial charge is 0.331 e.